The highest BCUT2D eigenvalue weighted by atomic mass is 16.5. The zero-order valence-electron chi connectivity index (χ0n) is 13.7. The van der Waals surface area contributed by atoms with E-state index < -0.39 is 0 Å². The zero-order chi connectivity index (χ0) is 17.4. The molecule has 3 heterocycles. The van der Waals surface area contributed by atoms with Gasteiger partial charge in [0, 0.05) is 11.8 Å². The van der Waals surface area contributed by atoms with Crippen LogP contribution in [0.25, 0.3) is 22.2 Å². The molecule has 0 saturated heterocycles. The lowest BCUT2D eigenvalue weighted by atomic mass is 10.0. The highest BCUT2D eigenvalue weighted by Crippen LogP contribution is 2.32. The molecule has 0 aliphatic rings. The third-order valence-corrected chi connectivity index (χ3v) is 3.95. The van der Waals surface area contributed by atoms with E-state index in [0.29, 0.717) is 17.3 Å². The number of rotatable bonds is 3. The van der Waals surface area contributed by atoms with Crippen LogP contribution in [0, 0.1) is 13.8 Å². The predicted molar refractivity (Wildman–Crippen MR) is 92.7 cm³/mol. The topological polar surface area (TPSA) is 81.3 Å². The van der Waals surface area contributed by atoms with E-state index in [-0.39, 0.29) is 5.88 Å². The van der Waals surface area contributed by atoms with Crippen molar-refractivity contribution in [3.05, 3.63) is 60.2 Å². The van der Waals surface area contributed by atoms with Crippen LogP contribution in [0.5, 0.6) is 17.5 Å². The fourth-order valence-corrected chi connectivity index (χ4v) is 2.72. The molecule has 4 aromatic rings. The van der Waals surface area contributed by atoms with Gasteiger partial charge in [0.05, 0.1) is 29.2 Å². The quantitative estimate of drug-likeness (QED) is 0.598. The number of pyridine rings is 1. The average Bonchev–Trinajstić information content (AvgIpc) is 3.07. The van der Waals surface area contributed by atoms with Crippen molar-refractivity contribution in [1.29, 1.82) is 0 Å². The molecule has 124 valence electrons. The van der Waals surface area contributed by atoms with Gasteiger partial charge in [-0.2, -0.15) is 0 Å². The van der Waals surface area contributed by atoms with Crippen LogP contribution in [0.15, 0.2) is 53.4 Å². The summed E-state index contributed by atoms with van der Waals surface area (Å²) in [5.41, 5.74) is 3.98. The summed E-state index contributed by atoms with van der Waals surface area (Å²) < 4.78 is 11.3. The Kier molecular flexibility index (Phi) is 3.57. The normalized spacial score (nSPS) is 11.0. The van der Waals surface area contributed by atoms with Gasteiger partial charge >= 0.3 is 0 Å². The van der Waals surface area contributed by atoms with Crippen LogP contribution < -0.4 is 4.74 Å². The van der Waals surface area contributed by atoms with E-state index in [4.69, 9.17) is 9.15 Å². The predicted octanol–water partition coefficient (Wildman–Crippen LogP) is 4.40. The first-order valence-corrected chi connectivity index (χ1v) is 7.75. The van der Waals surface area contributed by atoms with Crippen LogP contribution in [0.4, 0.5) is 0 Å². The molecule has 6 heteroatoms. The molecule has 4 rings (SSSR count). The minimum Gasteiger partial charge on any atom is -0.492 e. The highest BCUT2D eigenvalue weighted by Gasteiger charge is 2.12. The fourth-order valence-electron chi connectivity index (χ4n) is 2.72. The number of benzene rings is 1. The Morgan fingerprint density at radius 1 is 1.08 bits per heavy atom. The van der Waals surface area contributed by atoms with Gasteiger partial charge in [-0.05, 0) is 49.7 Å². The number of hydrogen-bond acceptors (Lipinski definition) is 6. The standard InChI is InChI=1S/C19H15N3O3/c1-11-9-13(25-19-15-6-8-24-16(15)5-7-20-19)3-4-14(11)18-12(2)21-10-17(23)22-18/h3-10H,1-2H3,(H,22,23). The van der Waals surface area contributed by atoms with Gasteiger partial charge in [-0.3, -0.25) is 4.98 Å². The molecule has 0 saturated carbocycles. The number of furan rings is 1. The lowest BCUT2D eigenvalue weighted by Gasteiger charge is -2.11. The van der Waals surface area contributed by atoms with Gasteiger partial charge < -0.3 is 14.3 Å². The summed E-state index contributed by atoms with van der Waals surface area (Å²) in [6.07, 6.45) is 4.59. The van der Waals surface area contributed by atoms with Crippen molar-refractivity contribution in [2.45, 2.75) is 13.8 Å². The molecule has 25 heavy (non-hydrogen) atoms. The molecular formula is C19H15N3O3. The minimum atomic E-state index is -0.101. The van der Waals surface area contributed by atoms with E-state index in [9.17, 15) is 5.11 Å². The molecule has 0 aliphatic carbocycles. The van der Waals surface area contributed by atoms with Crippen molar-refractivity contribution in [2.24, 2.45) is 0 Å². The number of aromatic nitrogens is 3. The van der Waals surface area contributed by atoms with Gasteiger partial charge in [-0.1, -0.05) is 0 Å². The van der Waals surface area contributed by atoms with Crippen LogP contribution in [-0.2, 0) is 0 Å². The van der Waals surface area contributed by atoms with Gasteiger partial charge in [0.25, 0.3) is 0 Å². The largest absolute Gasteiger partial charge is 0.492 e. The summed E-state index contributed by atoms with van der Waals surface area (Å²) in [6.45, 7) is 3.81. The average molecular weight is 333 g/mol. The highest BCUT2D eigenvalue weighted by molar-refractivity contribution is 5.82. The molecule has 0 bridgehead atoms. The van der Waals surface area contributed by atoms with E-state index in [1.54, 1.807) is 18.5 Å². The first-order valence-electron chi connectivity index (χ1n) is 7.75. The summed E-state index contributed by atoms with van der Waals surface area (Å²) in [7, 11) is 0. The molecule has 0 atom stereocenters. The Bertz CT molecular complexity index is 1070. The van der Waals surface area contributed by atoms with Gasteiger partial charge in [-0.25, -0.2) is 9.97 Å². The third kappa shape index (κ3) is 2.78. The summed E-state index contributed by atoms with van der Waals surface area (Å²) in [4.78, 5) is 12.6. The monoisotopic (exact) mass is 333 g/mol. The maximum atomic E-state index is 9.60. The van der Waals surface area contributed by atoms with Gasteiger partial charge in [-0.15, -0.1) is 0 Å². The maximum Gasteiger partial charge on any atom is 0.230 e. The van der Waals surface area contributed by atoms with Crippen molar-refractivity contribution < 1.29 is 14.3 Å². The minimum absolute atomic E-state index is 0.101. The lowest BCUT2D eigenvalue weighted by molar-refractivity contribution is 0.450. The molecule has 3 aromatic heterocycles. The molecule has 0 fully saturated rings. The first kappa shape index (κ1) is 15.1. The number of aryl methyl sites for hydroxylation is 2. The first-order chi connectivity index (χ1) is 12.1. The summed E-state index contributed by atoms with van der Waals surface area (Å²) in [6, 6.07) is 9.26. The molecule has 0 amide bonds. The fraction of sp³-hybridized carbons (Fsp3) is 0.105. The molecule has 0 unspecified atom stereocenters. The van der Waals surface area contributed by atoms with E-state index >= 15 is 0 Å². The second-order valence-electron chi connectivity index (χ2n) is 5.69. The van der Waals surface area contributed by atoms with E-state index in [1.807, 2.05) is 38.1 Å². The van der Waals surface area contributed by atoms with Crippen LogP contribution in [0.2, 0.25) is 0 Å². The van der Waals surface area contributed by atoms with Gasteiger partial charge in [0.2, 0.25) is 11.8 Å². The van der Waals surface area contributed by atoms with Crippen molar-refractivity contribution in [1.82, 2.24) is 15.0 Å². The van der Waals surface area contributed by atoms with Crippen LogP contribution in [0.1, 0.15) is 11.3 Å². The Balaban J connectivity index is 1.70. The van der Waals surface area contributed by atoms with Crippen molar-refractivity contribution >= 4 is 11.0 Å². The van der Waals surface area contributed by atoms with Crippen molar-refractivity contribution in [3.63, 3.8) is 0 Å². The maximum absolute atomic E-state index is 9.60. The molecule has 0 radical (unpaired) electrons. The Hall–Kier alpha value is -3.41. The number of nitrogens with zero attached hydrogens (tertiary/aromatic N) is 3. The molecule has 1 aromatic carbocycles. The molecule has 1 N–H and O–H groups in total. The number of fused-ring (bicyclic) bond motifs is 1. The Morgan fingerprint density at radius 3 is 2.80 bits per heavy atom. The molecule has 0 aliphatic heterocycles. The van der Waals surface area contributed by atoms with Crippen LogP contribution in [-0.4, -0.2) is 20.1 Å². The lowest BCUT2D eigenvalue weighted by Crippen LogP contribution is -1.95. The van der Waals surface area contributed by atoms with E-state index in [2.05, 4.69) is 15.0 Å². The summed E-state index contributed by atoms with van der Waals surface area (Å²) >= 11 is 0. The Morgan fingerprint density at radius 2 is 1.96 bits per heavy atom. The third-order valence-electron chi connectivity index (χ3n) is 3.95. The molecule has 6 nitrogen and oxygen atoms in total. The molecule has 0 spiro atoms. The summed E-state index contributed by atoms with van der Waals surface area (Å²) in [5, 5.41) is 10.4. The number of aromatic hydroxyl groups is 1. The number of ether oxygens (including phenoxy) is 1. The van der Waals surface area contributed by atoms with Gasteiger partial charge in [0.15, 0.2) is 0 Å². The molecular weight excluding hydrogens is 318 g/mol. The second-order valence-corrected chi connectivity index (χ2v) is 5.69. The van der Waals surface area contributed by atoms with E-state index in [1.165, 1.54) is 6.20 Å². The zero-order valence-corrected chi connectivity index (χ0v) is 13.7. The smallest absolute Gasteiger partial charge is 0.230 e. The van der Waals surface area contributed by atoms with Crippen LogP contribution >= 0.6 is 0 Å². The van der Waals surface area contributed by atoms with Crippen molar-refractivity contribution in [2.75, 3.05) is 0 Å². The summed E-state index contributed by atoms with van der Waals surface area (Å²) in [5.74, 6) is 1.05. The SMILES string of the molecule is Cc1cc(Oc2nccc3occc23)ccc1-c1nc(O)cnc1C. The van der Waals surface area contributed by atoms with Crippen LogP contribution in [0.3, 0.4) is 0 Å². The number of hydrogen-bond donors (Lipinski definition) is 1. The van der Waals surface area contributed by atoms with E-state index in [0.717, 1.165) is 27.8 Å². The van der Waals surface area contributed by atoms with Gasteiger partial charge in [0.1, 0.15) is 11.3 Å². The Labute approximate surface area is 143 Å². The second kappa shape index (κ2) is 5.90. The van der Waals surface area contributed by atoms with Crippen molar-refractivity contribution in [3.8, 4) is 28.8 Å².